The Morgan fingerprint density at radius 2 is 1.92 bits per heavy atom. The lowest BCUT2D eigenvalue weighted by molar-refractivity contribution is -0.137. The Bertz CT molecular complexity index is 712. The first-order chi connectivity index (χ1) is 12.6. The molecule has 0 unspecified atom stereocenters. The van der Waals surface area contributed by atoms with Crippen LogP contribution in [0.4, 0.5) is 0 Å². The van der Waals surface area contributed by atoms with Crippen LogP contribution in [0.25, 0.3) is 0 Å². The molecule has 0 radical (unpaired) electrons. The summed E-state index contributed by atoms with van der Waals surface area (Å²) in [5.41, 5.74) is 2.82. The predicted octanol–water partition coefficient (Wildman–Crippen LogP) is 5.32. The lowest BCUT2D eigenvalue weighted by Crippen LogP contribution is -2.18. The second kappa shape index (κ2) is 8.45. The van der Waals surface area contributed by atoms with Crippen molar-refractivity contribution in [3.8, 4) is 17.6 Å². The number of carboxylic acids is 1. The van der Waals surface area contributed by atoms with Gasteiger partial charge >= 0.3 is 5.97 Å². The number of hydrogen-bond donors (Lipinski definition) is 1. The standard InChI is InChI=1S/C23H28O3/c1-2-6-20(15-22(24)25)19-7-9-21(10-8-19)26-17-18-11-14-23(16-18)12-4-3-5-13-23/h7-10,16,20H,3-5,11-15,17H2,1H3,(H,24,25)/t20-/m0/s1. The summed E-state index contributed by atoms with van der Waals surface area (Å²) >= 11 is 0. The zero-order valence-electron chi connectivity index (χ0n) is 15.6. The molecule has 0 aliphatic heterocycles. The molecule has 3 rings (SSSR count). The van der Waals surface area contributed by atoms with E-state index in [4.69, 9.17) is 9.84 Å². The molecule has 1 saturated carbocycles. The quantitative estimate of drug-likeness (QED) is 0.557. The first-order valence-electron chi connectivity index (χ1n) is 9.68. The number of aliphatic carboxylic acids is 1. The molecule has 26 heavy (non-hydrogen) atoms. The molecule has 0 saturated heterocycles. The van der Waals surface area contributed by atoms with Crippen LogP contribution in [-0.2, 0) is 4.79 Å². The van der Waals surface area contributed by atoms with Crippen molar-refractivity contribution in [2.24, 2.45) is 5.41 Å². The summed E-state index contributed by atoms with van der Waals surface area (Å²) < 4.78 is 5.98. The van der Waals surface area contributed by atoms with Gasteiger partial charge in [0.05, 0.1) is 12.3 Å². The van der Waals surface area contributed by atoms with E-state index in [-0.39, 0.29) is 12.3 Å². The molecule has 1 atom stereocenters. The van der Waals surface area contributed by atoms with Gasteiger partial charge in [-0.3, -0.25) is 4.79 Å². The third-order valence-corrected chi connectivity index (χ3v) is 5.71. The second-order valence-corrected chi connectivity index (χ2v) is 7.63. The third-order valence-electron chi connectivity index (χ3n) is 5.71. The minimum atomic E-state index is -0.831. The van der Waals surface area contributed by atoms with Crippen molar-refractivity contribution in [3.63, 3.8) is 0 Å². The predicted molar refractivity (Wildman–Crippen MR) is 103 cm³/mol. The Morgan fingerprint density at radius 1 is 1.19 bits per heavy atom. The molecule has 1 aromatic carbocycles. The Morgan fingerprint density at radius 3 is 2.58 bits per heavy atom. The SMILES string of the molecule is CC#C[C@@H](CC(=O)O)c1ccc(OCC2=CC3(CCCCC3)CC2)cc1. The van der Waals surface area contributed by atoms with Gasteiger partial charge in [0, 0.05) is 0 Å². The number of allylic oxidation sites excluding steroid dienone is 1. The molecule has 0 bridgehead atoms. The number of hydrogen-bond acceptors (Lipinski definition) is 2. The maximum absolute atomic E-state index is 11.0. The van der Waals surface area contributed by atoms with Gasteiger partial charge < -0.3 is 9.84 Å². The smallest absolute Gasteiger partial charge is 0.304 e. The summed E-state index contributed by atoms with van der Waals surface area (Å²) in [5, 5.41) is 9.04. The van der Waals surface area contributed by atoms with Gasteiger partial charge in [0.25, 0.3) is 0 Å². The summed E-state index contributed by atoms with van der Waals surface area (Å²) in [6.07, 6.45) is 11.8. The van der Waals surface area contributed by atoms with Gasteiger partial charge in [0.2, 0.25) is 0 Å². The fraction of sp³-hybridized carbons (Fsp3) is 0.522. The van der Waals surface area contributed by atoms with Crippen LogP contribution in [0, 0.1) is 17.3 Å². The van der Waals surface area contributed by atoms with E-state index in [1.165, 1.54) is 44.1 Å². The van der Waals surface area contributed by atoms with Crippen molar-refractivity contribution in [3.05, 3.63) is 41.5 Å². The largest absolute Gasteiger partial charge is 0.489 e. The third kappa shape index (κ3) is 4.69. The van der Waals surface area contributed by atoms with Crippen LogP contribution in [0.3, 0.4) is 0 Å². The lowest BCUT2D eigenvalue weighted by atomic mass is 9.74. The first-order valence-corrected chi connectivity index (χ1v) is 9.68. The van der Waals surface area contributed by atoms with Gasteiger partial charge in [-0.25, -0.2) is 0 Å². The highest BCUT2D eigenvalue weighted by molar-refractivity contribution is 5.69. The van der Waals surface area contributed by atoms with Crippen LogP contribution in [0.1, 0.15) is 69.8 Å². The van der Waals surface area contributed by atoms with E-state index in [1.54, 1.807) is 6.92 Å². The van der Waals surface area contributed by atoms with Gasteiger partial charge in [-0.15, -0.1) is 5.92 Å². The zero-order valence-corrected chi connectivity index (χ0v) is 15.6. The molecule has 138 valence electrons. The average Bonchev–Trinajstić information content (AvgIpc) is 3.03. The zero-order chi connectivity index (χ0) is 18.4. The number of carboxylic acid groups (broad SMARTS) is 1. The normalized spacial score (nSPS) is 19.3. The number of rotatable bonds is 6. The van der Waals surface area contributed by atoms with E-state index in [0.717, 1.165) is 17.7 Å². The number of ether oxygens (including phenoxy) is 1. The molecule has 1 aromatic rings. The summed E-state index contributed by atoms with van der Waals surface area (Å²) in [6.45, 7) is 2.40. The Kier molecular flexibility index (Phi) is 6.04. The van der Waals surface area contributed by atoms with Crippen molar-refractivity contribution < 1.29 is 14.6 Å². The summed E-state index contributed by atoms with van der Waals surface area (Å²) in [5.74, 6) is 5.54. The maximum Gasteiger partial charge on any atom is 0.304 e. The van der Waals surface area contributed by atoms with Gasteiger partial charge in [0.1, 0.15) is 12.4 Å². The number of benzene rings is 1. The van der Waals surface area contributed by atoms with Crippen LogP contribution in [0.15, 0.2) is 35.9 Å². The van der Waals surface area contributed by atoms with Crippen LogP contribution >= 0.6 is 0 Å². The lowest BCUT2D eigenvalue weighted by Gasteiger charge is -2.31. The Balaban J connectivity index is 1.58. The highest BCUT2D eigenvalue weighted by Gasteiger charge is 2.34. The monoisotopic (exact) mass is 352 g/mol. The molecule has 3 nitrogen and oxygen atoms in total. The molecule has 1 N–H and O–H groups in total. The molecular formula is C23H28O3. The van der Waals surface area contributed by atoms with Crippen LogP contribution < -0.4 is 4.74 Å². The molecular weight excluding hydrogens is 324 g/mol. The molecule has 2 aliphatic rings. The van der Waals surface area contributed by atoms with E-state index >= 15 is 0 Å². The van der Waals surface area contributed by atoms with Gasteiger partial charge in [-0.1, -0.05) is 43.4 Å². The number of carbonyl (C=O) groups is 1. The summed E-state index contributed by atoms with van der Waals surface area (Å²) in [4.78, 5) is 11.0. The summed E-state index contributed by atoms with van der Waals surface area (Å²) in [7, 11) is 0. The molecule has 1 fully saturated rings. The van der Waals surface area contributed by atoms with E-state index in [2.05, 4.69) is 17.9 Å². The Labute approximate surface area is 156 Å². The average molecular weight is 352 g/mol. The molecule has 0 heterocycles. The van der Waals surface area contributed by atoms with Crippen LogP contribution in [0.5, 0.6) is 5.75 Å². The van der Waals surface area contributed by atoms with Crippen molar-refractivity contribution in [2.45, 2.75) is 64.2 Å². The highest BCUT2D eigenvalue weighted by Crippen LogP contribution is 2.47. The van der Waals surface area contributed by atoms with E-state index in [9.17, 15) is 4.79 Å². The van der Waals surface area contributed by atoms with Gasteiger partial charge in [-0.05, 0) is 61.3 Å². The van der Waals surface area contributed by atoms with Crippen LogP contribution in [-0.4, -0.2) is 17.7 Å². The Hall–Kier alpha value is -2.21. The molecule has 3 heteroatoms. The molecule has 0 amide bonds. The van der Waals surface area contributed by atoms with Crippen molar-refractivity contribution >= 4 is 5.97 Å². The molecule has 1 spiro atoms. The van der Waals surface area contributed by atoms with Crippen molar-refractivity contribution in [1.29, 1.82) is 0 Å². The van der Waals surface area contributed by atoms with Crippen molar-refractivity contribution in [1.82, 2.24) is 0 Å². The van der Waals surface area contributed by atoms with Crippen LogP contribution in [0.2, 0.25) is 0 Å². The maximum atomic E-state index is 11.0. The second-order valence-electron chi connectivity index (χ2n) is 7.63. The summed E-state index contributed by atoms with van der Waals surface area (Å²) in [6, 6.07) is 7.71. The van der Waals surface area contributed by atoms with E-state index in [0.29, 0.717) is 12.0 Å². The molecule has 0 aromatic heterocycles. The topological polar surface area (TPSA) is 46.5 Å². The van der Waals surface area contributed by atoms with Gasteiger partial charge in [-0.2, -0.15) is 0 Å². The fourth-order valence-electron chi connectivity index (χ4n) is 4.32. The highest BCUT2D eigenvalue weighted by atomic mass is 16.5. The minimum Gasteiger partial charge on any atom is -0.489 e. The van der Waals surface area contributed by atoms with Crippen molar-refractivity contribution in [2.75, 3.05) is 6.61 Å². The van der Waals surface area contributed by atoms with E-state index < -0.39 is 5.97 Å². The van der Waals surface area contributed by atoms with Gasteiger partial charge in [0.15, 0.2) is 0 Å². The van der Waals surface area contributed by atoms with E-state index in [1.807, 2.05) is 24.3 Å². The fourth-order valence-corrected chi connectivity index (χ4v) is 4.32. The minimum absolute atomic E-state index is 0.0238. The molecule has 2 aliphatic carbocycles. The first kappa shape index (κ1) is 18.6.